The minimum atomic E-state index is -0.0404. The number of anilines is 1. The number of ether oxygens (including phenoxy) is 2. The van der Waals surface area contributed by atoms with Crippen LogP contribution in [0.15, 0.2) is 34.8 Å². The molecule has 0 spiro atoms. The predicted molar refractivity (Wildman–Crippen MR) is 82.3 cm³/mol. The molecular weight excluding hydrogens is 322 g/mol. The zero-order chi connectivity index (χ0) is 14.7. The van der Waals surface area contributed by atoms with Crippen molar-refractivity contribution in [1.29, 1.82) is 0 Å². The first kappa shape index (κ1) is 14.7. The van der Waals surface area contributed by atoms with Crippen LogP contribution in [0.5, 0.6) is 17.2 Å². The molecule has 5 heteroatoms. The molecule has 0 aliphatic heterocycles. The van der Waals surface area contributed by atoms with E-state index < -0.39 is 0 Å². The number of nitrogens with two attached hydrogens (primary N) is 1. The summed E-state index contributed by atoms with van der Waals surface area (Å²) in [6.07, 6.45) is 0. The summed E-state index contributed by atoms with van der Waals surface area (Å²) in [6, 6.07) is 8.96. The minimum absolute atomic E-state index is 0.0404. The van der Waals surface area contributed by atoms with Crippen molar-refractivity contribution >= 4 is 21.6 Å². The standard InChI is InChI=1S/C15H16BrNO3/c1-9-5-14(11(16)7-12(9)17)20-13-4-3-10(8-18)6-15(13)19-2/h3-7,18H,8,17H2,1-2H3. The Bertz CT molecular complexity index is 629. The highest BCUT2D eigenvalue weighted by Crippen LogP contribution is 2.37. The molecule has 0 saturated heterocycles. The Kier molecular flexibility index (Phi) is 4.52. The van der Waals surface area contributed by atoms with Gasteiger partial charge in [-0.2, -0.15) is 0 Å². The van der Waals surface area contributed by atoms with Crippen molar-refractivity contribution in [2.24, 2.45) is 0 Å². The molecule has 2 rings (SSSR count). The average Bonchev–Trinajstić information content (AvgIpc) is 2.45. The molecule has 20 heavy (non-hydrogen) atoms. The van der Waals surface area contributed by atoms with Crippen LogP contribution in [-0.2, 0) is 6.61 Å². The number of hydrogen-bond acceptors (Lipinski definition) is 4. The van der Waals surface area contributed by atoms with Crippen LogP contribution in [0, 0.1) is 6.92 Å². The first-order valence-electron chi connectivity index (χ1n) is 6.06. The van der Waals surface area contributed by atoms with Gasteiger partial charge >= 0.3 is 0 Å². The van der Waals surface area contributed by atoms with Crippen LogP contribution in [0.3, 0.4) is 0 Å². The second-order valence-electron chi connectivity index (χ2n) is 4.38. The Labute approximate surface area is 126 Å². The van der Waals surface area contributed by atoms with Gasteiger partial charge in [-0.05, 0) is 58.2 Å². The average molecular weight is 338 g/mol. The summed E-state index contributed by atoms with van der Waals surface area (Å²) in [7, 11) is 1.56. The van der Waals surface area contributed by atoms with Crippen molar-refractivity contribution in [3.63, 3.8) is 0 Å². The normalized spacial score (nSPS) is 10.4. The van der Waals surface area contributed by atoms with E-state index in [0.717, 1.165) is 15.6 Å². The number of halogens is 1. The molecule has 0 bridgehead atoms. The number of aryl methyl sites for hydroxylation is 1. The van der Waals surface area contributed by atoms with Crippen molar-refractivity contribution in [2.45, 2.75) is 13.5 Å². The van der Waals surface area contributed by atoms with E-state index in [4.69, 9.17) is 20.3 Å². The number of nitrogen functional groups attached to an aromatic ring is 1. The van der Waals surface area contributed by atoms with Gasteiger partial charge in [-0.25, -0.2) is 0 Å². The Morgan fingerprint density at radius 2 is 1.90 bits per heavy atom. The molecule has 0 heterocycles. The Balaban J connectivity index is 2.37. The number of rotatable bonds is 4. The van der Waals surface area contributed by atoms with Gasteiger partial charge in [-0.1, -0.05) is 6.07 Å². The molecule has 0 unspecified atom stereocenters. The molecule has 0 amide bonds. The van der Waals surface area contributed by atoms with Gasteiger partial charge in [0.1, 0.15) is 5.75 Å². The van der Waals surface area contributed by atoms with Crippen LogP contribution in [0.2, 0.25) is 0 Å². The van der Waals surface area contributed by atoms with Gasteiger partial charge in [0.15, 0.2) is 11.5 Å². The number of hydrogen-bond donors (Lipinski definition) is 2. The molecule has 0 radical (unpaired) electrons. The lowest BCUT2D eigenvalue weighted by atomic mass is 10.2. The van der Waals surface area contributed by atoms with Gasteiger partial charge in [-0.3, -0.25) is 0 Å². The van der Waals surface area contributed by atoms with Gasteiger partial charge < -0.3 is 20.3 Å². The molecular formula is C15H16BrNO3. The maximum atomic E-state index is 9.13. The number of aliphatic hydroxyl groups excluding tert-OH is 1. The van der Waals surface area contributed by atoms with Crippen molar-refractivity contribution in [1.82, 2.24) is 0 Å². The lowest BCUT2D eigenvalue weighted by Gasteiger charge is -2.13. The Morgan fingerprint density at radius 3 is 2.55 bits per heavy atom. The highest BCUT2D eigenvalue weighted by molar-refractivity contribution is 9.10. The molecule has 0 saturated carbocycles. The zero-order valence-corrected chi connectivity index (χ0v) is 12.9. The van der Waals surface area contributed by atoms with E-state index in [9.17, 15) is 0 Å². The highest BCUT2D eigenvalue weighted by atomic mass is 79.9. The fourth-order valence-electron chi connectivity index (χ4n) is 1.76. The first-order chi connectivity index (χ1) is 9.55. The molecule has 106 valence electrons. The zero-order valence-electron chi connectivity index (χ0n) is 11.3. The molecule has 0 atom stereocenters. The Morgan fingerprint density at radius 1 is 1.15 bits per heavy atom. The van der Waals surface area contributed by atoms with Crippen LogP contribution in [0.1, 0.15) is 11.1 Å². The summed E-state index contributed by atoms with van der Waals surface area (Å²) in [5, 5.41) is 9.13. The van der Waals surface area contributed by atoms with E-state index in [0.29, 0.717) is 22.9 Å². The van der Waals surface area contributed by atoms with Crippen LogP contribution in [-0.4, -0.2) is 12.2 Å². The topological polar surface area (TPSA) is 64.7 Å². The largest absolute Gasteiger partial charge is 0.493 e. The van der Waals surface area contributed by atoms with E-state index >= 15 is 0 Å². The van der Waals surface area contributed by atoms with Gasteiger partial charge in [0.2, 0.25) is 0 Å². The van der Waals surface area contributed by atoms with E-state index in [1.54, 1.807) is 31.4 Å². The maximum Gasteiger partial charge on any atom is 0.169 e. The maximum absolute atomic E-state index is 9.13. The van der Waals surface area contributed by atoms with Gasteiger partial charge in [0, 0.05) is 5.69 Å². The van der Waals surface area contributed by atoms with E-state index in [1.807, 2.05) is 13.0 Å². The summed E-state index contributed by atoms with van der Waals surface area (Å²) in [6.45, 7) is 1.88. The van der Waals surface area contributed by atoms with Crippen molar-refractivity contribution in [2.75, 3.05) is 12.8 Å². The lowest BCUT2D eigenvalue weighted by Crippen LogP contribution is -1.95. The third kappa shape index (κ3) is 3.05. The molecule has 2 aromatic carbocycles. The SMILES string of the molecule is COc1cc(CO)ccc1Oc1cc(C)c(N)cc1Br. The van der Waals surface area contributed by atoms with E-state index in [2.05, 4.69) is 15.9 Å². The Hall–Kier alpha value is -1.72. The summed E-state index contributed by atoms with van der Waals surface area (Å²) < 4.78 is 11.9. The molecule has 4 nitrogen and oxygen atoms in total. The number of benzene rings is 2. The molecule has 0 aromatic heterocycles. The molecule has 3 N–H and O–H groups in total. The first-order valence-corrected chi connectivity index (χ1v) is 6.85. The summed E-state index contributed by atoms with van der Waals surface area (Å²) >= 11 is 3.43. The molecule has 2 aromatic rings. The third-order valence-electron chi connectivity index (χ3n) is 2.95. The van der Waals surface area contributed by atoms with Crippen molar-refractivity contribution < 1.29 is 14.6 Å². The number of methoxy groups -OCH3 is 1. The molecule has 0 aliphatic carbocycles. The summed E-state index contributed by atoms with van der Waals surface area (Å²) in [5.41, 5.74) is 8.24. The monoisotopic (exact) mass is 337 g/mol. The summed E-state index contributed by atoms with van der Waals surface area (Å²) in [5.74, 6) is 1.80. The molecule has 0 fully saturated rings. The van der Waals surface area contributed by atoms with Crippen molar-refractivity contribution in [3.05, 3.63) is 45.9 Å². The predicted octanol–water partition coefficient (Wildman–Crippen LogP) is 3.63. The van der Waals surface area contributed by atoms with Crippen LogP contribution in [0.4, 0.5) is 5.69 Å². The third-order valence-corrected chi connectivity index (χ3v) is 3.57. The van der Waals surface area contributed by atoms with Gasteiger partial charge in [-0.15, -0.1) is 0 Å². The lowest BCUT2D eigenvalue weighted by molar-refractivity contribution is 0.280. The quantitative estimate of drug-likeness (QED) is 0.836. The fourth-order valence-corrected chi connectivity index (χ4v) is 2.20. The summed E-state index contributed by atoms with van der Waals surface area (Å²) in [4.78, 5) is 0. The number of aliphatic hydroxyl groups is 1. The molecule has 0 aliphatic rings. The minimum Gasteiger partial charge on any atom is -0.493 e. The van der Waals surface area contributed by atoms with Crippen LogP contribution < -0.4 is 15.2 Å². The van der Waals surface area contributed by atoms with Crippen LogP contribution >= 0.6 is 15.9 Å². The van der Waals surface area contributed by atoms with E-state index in [1.165, 1.54) is 0 Å². The smallest absolute Gasteiger partial charge is 0.169 e. The second kappa shape index (κ2) is 6.15. The van der Waals surface area contributed by atoms with Gasteiger partial charge in [0.05, 0.1) is 18.2 Å². The fraction of sp³-hybridized carbons (Fsp3) is 0.200. The van der Waals surface area contributed by atoms with Crippen LogP contribution in [0.25, 0.3) is 0 Å². The van der Waals surface area contributed by atoms with Crippen molar-refractivity contribution in [3.8, 4) is 17.2 Å². The van der Waals surface area contributed by atoms with Gasteiger partial charge in [0.25, 0.3) is 0 Å². The second-order valence-corrected chi connectivity index (χ2v) is 5.24. The highest BCUT2D eigenvalue weighted by Gasteiger charge is 2.10. The van der Waals surface area contributed by atoms with E-state index in [-0.39, 0.29) is 6.61 Å².